The lowest BCUT2D eigenvalue weighted by molar-refractivity contribution is -0.394. The van der Waals surface area contributed by atoms with Crippen LogP contribution in [0.4, 0.5) is 17.1 Å². The van der Waals surface area contributed by atoms with Crippen molar-refractivity contribution >= 4 is 33.7 Å². The van der Waals surface area contributed by atoms with E-state index in [4.69, 9.17) is 5.84 Å². The van der Waals surface area contributed by atoms with Crippen LogP contribution in [0.1, 0.15) is 28.4 Å². The van der Waals surface area contributed by atoms with Gasteiger partial charge in [0.1, 0.15) is 0 Å². The Kier molecular flexibility index (Phi) is 5.76. The molecular weight excluding hydrogens is 426 g/mol. The summed E-state index contributed by atoms with van der Waals surface area (Å²) in [6.07, 6.45) is 2.31. The summed E-state index contributed by atoms with van der Waals surface area (Å²) in [7, 11) is 0. The van der Waals surface area contributed by atoms with Crippen molar-refractivity contribution in [2.75, 3.05) is 18.0 Å². The average Bonchev–Trinajstić information content (AvgIpc) is 2.82. The number of hydrazine groups is 1. The summed E-state index contributed by atoms with van der Waals surface area (Å²) in [5.74, 6) is 5.57. The normalized spacial score (nSPS) is 15.1. The van der Waals surface area contributed by atoms with Gasteiger partial charge in [-0.2, -0.15) is 0 Å². The second-order valence-electron chi connectivity index (χ2n) is 7.72. The molecule has 1 aliphatic rings. The lowest BCUT2D eigenvalue weighted by Gasteiger charge is -2.39. The molecule has 3 aromatic rings. The first-order chi connectivity index (χ1) is 15.8. The van der Waals surface area contributed by atoms with Crippen molar-refractivity contribution in [1.82, 2.24) is 5.01 Å². The first kappa shape index (κ1) is 21.9. The number of amides is 1. The minimum atomic E-state index is -0.777. The first-order valence-electron chi connectivity index (χ1n) is 10.2. The van der Waals surface area contributed by atoms with Crippen LogP contribution >= 0.6 is 0 Å². The molecule has 2 N–H and O–H groups in total. The van der Waals surface area contributed by atoms with Gasteiger partial charge >= 0.3 is 0 Å². The monoisotopic (exact) mass is 447 g/mol. The summed E-state index contributed by atoms with van der Waals surface area (Å²) in [5.41, 5.74) is 0.462. The number of nitrogens with zero attached hydrogens (tertiary/aromatic N) is 4. The van der Waals surface area contributed by atoms with Crippen LogP contribution in [0.15, 0.2) is 67.3 Å². The number of nitro groups is 2. The molecular formula is C23H21N5O5. The molecule has 0 saturated heterocycles. The summed E-state index contributed by atoms with van der Waals surface area (Å²) in [6, 6.07) is 14.0. The highest BCUT2D eigenvalue weighted by molar-refractivity contribution is 5.97. The topological polar surface area (TPSA) is 136 Å². The van der Waals surface area contributed by atoms with Crippen LogP contribution in [-0.4, -0.2) is 33.9 Å². The zero-order valence-electron chi connectivity index (χ0n) is 17.6. The fourth-order valence-corrected chi connectivity index (χ4v) is 4.30. The van der Waals surface area contributed by atoms with Crippen LogP contribution in [-0.2, 0) is 0 Å². The molecule has 33 heavy (non-hydrogen) atoms. The average molecular weight is 447 g/mol. The Morgan fingerprint density at radius 3 is 2.42 bits per heavy atom. The summed E-state index contributed by atoms with van der Waals surface area (Å²) in [4.78, 5) is 36.3. The molecule has 4 rings (SSSR count). The van der Waals surface area contributed by atoms with E-state index in [2.05, 4.69) is 11.5 Å². The van der Waals surface area contributed by atoms with Gasteiger partial charge in [0, 0.05) is 36.5 Å². The van der Waals surface area contributed by atoms with E-state index < -0.39 is 33.2 Å². The second-order valence-corrected chi connectivity index (χ2v) is 7.72. The fraction of sp³-hybridized carbons (Fsp3) is 0.174. The molecule has 168 valence electrons. The number of fused-ring (bicyclic) bond motifs is 3. The van der Waals surface area contributed by atoms with Gasteiger partial charge in [-0.1, -0.05) is 36.4 Å². The van der Waals surface area contributed by atoms with Gasteiger partial charge in [0.05, 0.1) is 27.5 Å². The van der Waals surface area contributed by atoms with Crippen LogP contribution in [0.2, 0.25) is 0 Å². The standard InChI is InChI=1S/C23H21N5O5/c1-2-10-25-11-9-21(22-19-6-4-3-5-15(19)7-8-20(22)25)26(24)23(29)16-12-17(27(30)31)14-18(13-16)28(32)33/h2-8,12-14,21H,1,9-11,24H2. The van der Waals surface area contributed by atoms with Gasteiger partial charge in [0.2, 0.25) is 0 Å². The Bertz CT molecular complexity index is 1260. The molecule has 0 radical (unpaired) electrons. The van der Waals surface area contributed by atoms with E-state index in [1.54, 1.807) is 6.08 Å². The van der Waals surface area contributed by atoms with E-state index in [9.17, 15) is 25.0 Å². The largest absolute Gasteiger partial charge is 0.367 e. The predicted octanol–water partition coefficient (Wildman–Crippen LogP) is 4.11. The number of nitrogens with two attached hydrogens (primary N) is 1. The number of hydrogen-bond acceptors (Lipinski definition) is 7. The third-order valence-electron chi connectivity index (χ3n) is 5.78. The van der Waals surface area contributed by atoms with Gasteiger partial charge in [-0.05, 0) is 23.3 Å². The lowest BCUT2D eigenvalue weighted by atomic mass is 9.90. The van der Waals surface area contributed by atoms with Crippen molar-refractivity contribution in [3.63, 3.8) is 0 Å². The van der Waals surface area contributed by atoms with Gasteiger partial charge in [-0.3, -0.25) is 30.0 Å². The summed E-state index contributed by atoms with van der Waals surface area (Å²) >= 11 is 0. The number of non-ortho nitro benzene ring substituents is 2. The molecule has 10 nitrogen and oxygen atoms in total. The molecule has 1 aliphatic heterocycles. The highest BCUT2D eigenvalue weighted by Crippen LogP contribution is 2.41. The number of nitro benzene ring substituents is 2. The molecule has 0 saturated carbocycles. The quantitative estimate of drug-likeness (QED) is 0.197. The summed E-state index contributed by atoms with van der Waals surface area (Å²) in [5, 5.41) is 25.4. The minimum absolute atomic E-state index is 0.214. The molecule has 10 heteroatoms. The van der Waals surface area contributed by atoms with Gasteiger partial charge in [-0.15, -0.1) is 6.58 Å². The van der Waals surface area contributed by atoms with Gasteiger partial charge in [0.25, 0.3) is 17.3 Å². The molecule has 1 amide bonds. The molecule has 0 bridgehead atoms. The number of benzene rings is 3. The van der Waals surface area contributed by atoms with E-state index in [1.165, 1.54) is 0 Å². The molecule has 0 aromatic heterocycles. The maximum Gasteiger partial charge on any atom is 0.277 e. The number of carbonyl (C=O) groups is 1. The number of anilines is 1. The third-order valence-corrected chi connectivity index (χ3v) is 5.78. The summed E-state index contributed by atoms with van der Waals surface area (Å²) in [6.45, 7) is 5.04. The lowest BCUT2D eigenvalue weighted by Crippen LogP contribution is -2.45. The van der Waals surface area contributed by atoms with Gasteiger partial charge < -0.3 is 4.90 Å². The fourth-order valence-electron chi connectivity index (χ4n) is 4.30. The van der Waals surface area contributed by atoms with Crippen molar-refractivity contribution in [2.45, 2.75) is 12.5 Å². The maximum absolute atomic E-state index is 13.3. The van der Waals surface area contributed by atoms with E-state index >= 15 is 0 Å². The zero-order chi connectivity index (χ0) is 23.7. The van der Waals surface area contributed by atoms with E-state index in [-0.39, 0.29) is 5.56 Å². The first-order valence-corrected chi connectivity index (χ1v) is 10.2. The van der Waals surface area contributed by atoms with Crippen molar-refractivity contribution in [3.8, 4) is 0 Å². The summed E-state index contributed by atoms with van der Waals surface area (Å²) < 4.78 is 0. The van der Waals surface area contributed by atoms with Crippen LogP contribution < -0.4 is 10.7 Å². The Hall–Kier alpha value is -4.31. The van der Waals surface area contributed by atoms with Crippen LogP contribution in [0.25, 0.3) is 10.8 Å². The molecule has 3 aromatic carbocycles. The smallest absolute Gasteiger partial charge is 0.277 e. The SMILES string of the molecule is C=CCN1CCC(N(N)C(=O)c2cc([N+](=O)[O-])cc([N+](=O)[O-])c2)c2c1ccc1ccccc21. The highest BCUT2D eigenvalue weighted by atomic mass is 16.6. The highest BCUT2D eigenvalue weighted by Gasteiger charge is 2.33. The Labute approximate surface area is 188 Å². The number of rotatable bonds is 6. The van der Waals surface area contributed by atoms with Crippen molar-refractivity contribution in [1.29, 1.82) is 0 Å². The second kappa shape index (κ2) is 8.67. The van der Waals surface area contributed by atoms with Gasteiger partial charge in [0.15, 0.2) is 0 Å². The molecule has 0 spiro atoms. The van der Waals surface area contributed by atoms with E-state index in [1.807, 2.05) is 36.4 Å². The van der Waals surface area contributed by atoms with Crippen molar-refractivity contribution < 1.29 is 14.6 Å². The van der Waals surface area contributed by atoms with E-state index in [0.717, 1.165) is 45.2 Å². The van der Waals surface area contributed by atoms with E-state index in [0.29, 0.717) is 19.5 Å². The molecule has 1 atom stereocenters. The Balaban J connectivity index is 1.80. The third kappa shape index (κ3) is 3.99. The minimum Gasteiger partial charge on any atom is -0.367 e. The Morgan fingerprint density at radius 1 is 1.12 bits per heavy atom. The number of hydrogen-bond donors (Lipinski definition) is 1. The predicted molar refractivity (Wildman–Crippen MR) is 124 cm³/mol. The Morgan fingerprint density at radius 2 is 1.79 bits per heavy atom. The van der Waals surface area contributed by atoms with Crippen molar-refractivity contribution in [2.24, 2.45) is 5.84 Å². The molecule has 1 unspecified atom stereocenters. The van der Waals surface area contributed by atoms with Crippen LogP contribution in [0.5, 0.6) is 0 Å². The number of carbonyl (C=O) groups excluding carboxylic acids is 1. The van der Waals surface area contributed by atoms with Gasteiger partial charge in [-0.25, -0.2) is 5.84 Å². The molecule has 0 fully saturated rings. The van der Waals surface area contributed by atoms with Crippen LogP contribution in [0, 0.1) is 20.2 Å². The van der Waals surface area contributed by atoms with Crippen molar-refractivity contribution in [3.05, 3.63) is 98.6 Å². The van der Waals surface area contributed by atoms with Crippen LogP contribution in [0.3, 0.4) is 0 Å². The molecule has 1 heterocycles. The maximum atomic E-state index is 13.3. The zero-order valence-corrected chi connectivity index (χ0v) is 17.6. The molecule has 0 aliphatic carbocycles.